The average molecular weight is 195 g/mol. The summed E-state index contributed by atoms with van der Waals surface area (Å²) in [7, 11) is 0. The number of para-hydroxylation sites is 1. The number of nitrogens with one attached hydrogen (secondary N) is 1. The summed E-state index contributed by atoms with van der Waals surface area (Å²) >= 11 is 0. The van der Waals surface area contributed by atoms with Gasteiger partial charge in [-0.15, -0.1) is 0 Å². The average Bonchev–Trinajstić information content (AvgIpc) is 2.12. The molecule has 4 heteroatoms. The fourth-order valence-electron chi connectivity index (χ4n) is 1.13. The van der Waals surface area contributed by atoms with Crippen LogP contribution in [0.15, 0.2) is 23.2 Å². The zero-order valence-electron chi connectivity index (χ0n) is 8.34. The van der Waals surface area contributed by atoms with Gasteiger partial charge in [-0.2, -0.15) is 0 Å². The second kappa shape index (κ2) is 4.60. The van der Waals surface area contributed by atoms with E-state index in [0.717, 1.165) is 5.56 Å². The van der Waals surface area contributed by atoms with Gasteiger partial charge in [0.1, 0.15) is 5.82 Å². The summed E-state index contributed by atoms with van der Waals surface area (Å²) in [6.07, 6.45) is 0. The Bertz CT molecular complexity index is 327. The number of anilines is 1. The van der Waals surface area contributed by atoms with Crippen molar-refractivity contribution in [1.82, 2.24) is 0 Å². The van der Waals surface area contributed by atoms with E-state index in [1.165, 1.54) is 6.07 Å². The standard InChI is InChI=1S/C10H14FN3/c1-3-13-10(12)14-9-7(2)5-4-6-8(9)11/h4-6H,3H2,1-2H3,(H3,12,13,14). The SMILES string of the molecule is CCN=C(N)Nc1c(C)cccc1F. The molecule has 0 aliphatic heterocycles. The minimum absolute atomic E-state index is 0.237. The molecule has 1 aromatic carbocycles. The van der Waals surface area contributed by atoms with E-state index in [-0.39, 0.29) is 11.8 Å². The van der Waals surface area contributed by atoms with Gasteiger partial charge < -0.3 is 11.1 Å². The number of hydrogen-bond acceptors (Lipinski definition) is 1. The molecule has 0 saturated heterocycles. The molecule has 0 saturated carbocycles. The Balaban J connectivity index is 2.91. The molecule has 0 bridgehead atoms. The van der Waals surface area contributed by atoms with Crippen LogP contribution in [-0.2, 0) is 0 Å². The van der Waals surface area contributed by atoms with Crippen molar-refractivity contribution < 1.29 is 4.39 Å². The zero-order valence-corrected chi connectivity index (χ0v) is 8.34. The molecule has 3 N–H and O–H groups in total. The summed E-state index contributed by atoms with van der Waals surface area (Å²) in [5.41, 5.74) is 6.72. The predicted molar refractivity (Wildman–Crippen MR) is 56.9 cm³/mol. The predicted octanol–water partition coefficient (Wildman–Crippen LogP) is 1.88. The summed E-state index contributed by atoms with van der Waals surface area (Å²) in [5.74, 6) is -0.0834. The molecule has 0 spiro atoms. The third-order valence-electron chi connectivity index (χ3n) is 1.80. The number of nitrogens with two attached hydrogens (primary N) is 1. The Labute approximate surface area is 82.8 Å². The van der Waals surface area contributed by atoms with Crippen LogP contribution in [0.5, 0.6) is 0 Å². The minimum atomic E-state index is -0.320. The van der Waals surface area contributed by atoms with Crippen molar-refractivity contribution in [2.45, 2.75) is 13.8 Å². The molecule has 0 atom stereocenters. The first-order valence-corrected chi connectivity index (χ1v) is 4.47. The van der Waals surface area contributed by atoms with E-state index in [2.05, 4.69) is 10.3 Å². The largest absolute Gasteiger partial charge is 0.370 e. The smallest absolute Gasteiger partial charge is 0.193 e. The lowest BCUT2D eigenvalue weighted by Gasteiger charge is -2.09. The lowest BCUT2D eigenvalue weighted by atomic mass is 10.2. The highest BCUT2D eigenvalue weighted by molar-refractivity contribution is 5.93. The van der Waals surface area contributed by atoms with Crippen molar-refractivity contribution in [3.8, 4) is 0 Å². The van der Waals surface area contributed by atoms with Gasteiger partial charge in [0.05, 0.1) is 5.69 Å². The molecule has 1 rings (SSSR count). The number of halogens is 1. The highest BCUT2D eigenvalue weighted by Crippen LogP contribution is 2.17. The van der Waals surface area contributed by atoms with E-state index in [9.17, 15) is 4.39 Å². The first-order chi connectivity index (χ1) is 6.65. The molecule has 0 radical (unpaired) electrons. The highest BCUT2D eigenvalue weighted by atomic mass is 19.1. The van der Waals surface area contributed by atoms with E-state index in [1.54, 1.807) is 6.07 Å². The van der Waals surface area contributed by atoms with Crippen LogP contribution < -0.4 is 11.1 Å². The normalized spacial score (nSPS) is 11.5. The van der Waals surface area contributed by atoms with Gasteiger partial charge in [0.2, 0.25) is 0 Å². The second-order valence-electron chi connectivity index (χ2n) is 2.92. The van der Waals surface area contributed by atoms with E-state index >= 15 is 0 Å². The monoisotopic (exact) mass is 195 g/mol. The van der Waals surface area contributed by atoms with Gasteiger partial charge in [-0.1, -0.05) is 12.1 Å². The van der Waals surface area contributed by atoms with E-state index in [1.807, 2.05) is 19.9 Å². The van der Waals surface area contributed by atoms with Crippen molar-refractivity contribution in [3.05, 3.63) is 29.6 Å². The second-order valence-corrected chi connectivity index (χ2v) is 2.92. The number of aliphatic imine (C=N–C) groups is 1. The maximum atomic E-state index is 13.3. The van der Waals surface area contributed by atoms with Crippen molar-refractivity contribution in [3.63, 3.8) is 0 Å². The number of benzene rings is 1. The van der Waals surface area contributed by atoms with Crippen molar-refractivity contribution in [2.75, 3.05) is 11.9 Å². The Morgan fingerprint density at radius 2 is 2.29 bits per heavy atom. The lowest BCUT2D eigenvalue weighted by Crippen LogP contribution is -2.23. The van der Waals surface area contributed by atoms with Gasteiger partial charge in [-0.25, -0.2) is 4.39 Å². The van der Waals surface area contributed by atoms with Crippen LogP contribution in [0.2, 0.25) is 0 Å². The Morgan fingerprint density at radius 3 is 2.86 bits per heavy atom. The van der Waals surface area contributed by atoms with Crippen LogP contribution in [0, 0.1) is 12.7 Å². The Morgan fingerprint density at radius 1 is 1.57 bits per heavy atom. The van der Waals surface area contributed by atoms with Gasteiger partial charge in [-0.3, -0.25) is 4.99 Å². The van der Waals surface area contributed by atoms with Gasteiger partial charge in [0, 0.05) is 6.54 Å². The molecule has 3 nitrogen and oxygen atoms in total. The number of hydrogen-bond donors (Lipinski definition) is 2. The van der Waals surface area contributed by atoms with Crippen molar-refractivity contribution >= 4 is 11.6 Å². The van der Waals surface area contributed by atoms with Gasteiger partial charge in [0.15, 0.2) is 5.96 Å². The van der Waals surface area contributed by atoms with Crippen LogP contribution in [0.4, 0.5) is 10.1 Å². The molecule has 1 aromatic rings. The molecule has 0 aliphatic carbocycles. The summed E-state index contributed by atoms with van der Waals surface area (Å²) < 4.78 is 13.3. The summed E-state index contributed by atoms with van der Waals surface area (Å²) in [6.45, 7) is 4.25. The molecule has 0 amide bonds. The molecular weight excluding hydrogens is 181 g/mol. The van der Waals surface area contributed by atoms with Crippen LogP contribution in [0.3, 0.4) is 0 Å². The molecule has 14 heavy (non-hydrogen) atoms. The summed E-state index contributed by atoms with van der Waals surface area (Å²) in [4.78, 5) is 3.92. The molecule has 0 aliphatic rings. The lowest BCUT2D eigenvalue weighted by molar-refractivity contribution is 0.631. The molecule has 0 heterocycles. The molecule has 0 fully saturated rings. The molecule has 0 aromatic heterocycles. The molecular formula is C10H14FN3. The van der Waals surface area contributed by atoms with E-state index < -0.39 is 0 Å². The van der Waals surface area contributed by atoms with Crippen molar-refractivity contribution in [2.24, 2.45) is 10.7 Å². The third-order valence-corrected chi connectivity index (χ3v) is 1.80. The zero-order chi connectivity index (χ0) is 10.6. The first-order valence-electron chi connectivity index (χ1n) is 4.47. The topological polar surface area (TPSA) is 50.4 Å². The first kappa shape index (κ1) is 10.5. The Kier molecular flexibility index (Phi) is 3.45. The highest BCUT2D eigenvalue weighted by Gasteiger charge is 2.04. The number of rotatable bonds is 2. The van der Waals surface area contributed by atoms with Gasteiger partial charge in [0.25, 0.3) is 0 Å². The number of nitrogens with zero attached hydrogens (tertiary/aromatic N) is 1. The van der Waals surface area contributed by atoms with Gasteiger partial charge in [-0.05, 0) is 25.5 Å². The fraction of sp³-hybridized carbons (Fsp3) is 0.300. The van der Waals surface area contributed by atoms with E-state index in [0.29, 0.717) is 12.2 Å². The van der Waals surface area contributed by atoms with Crippen LogP contribution >= 0.6 is 0 Å². The maximum absolute atomic E-state index is 13.3. The number of guanidine groups is 1. The fourth-order valence-corrected chi connectivity index (χ4v) is 1.13. The number of aryl methyl sites for hydroxylation is 1. The minimum Gasteiger partial charge on any atom is -0.370 e. The van der Waals surface area contributed by atoms with Crippen molar-refractivity contribution in [1.29, 1.82) is 0 Å². The molecule has 0 unspecified atom stereocenters. The third kappa shape index (κ3) is 2.45. The van der Waals surface area contributed by atoms with Crippen LogP contribution in [0.25, 0.3) is 0 Å². The Hall–Kier alpha value is -1.58. The maximum Gasteiger partial charge on any atom is 0.193 e. The molecule has 76 valence electrons. The van der Waals surface area contributed by atoms with E-state index in [4.69, 9.17) is 5.73 Å². The summed E-state index contributed by atoms with van der Waals surface area (Å²) in [6, 6.07) is 4.85. The van der Waals surface area contributed by atoms with Gasteiger partial charge >= 0.3 is 0 Å². The van der Waals surface area contributed by atoms with Crippen LogP contribution in [0.1, 0.15) is 12.5 Å². The summed E-state index contributed by atoms with van der Waals surface area (Å²) in [5, 5.41) is 2.73. The quantitative estimate of drug-likeness (QED) is 0.559. The van der Waals surface area contributed by atoms with Crippen LogP contribution in [-0.4, -0.2) is 12.5 Å².